The molecule has 18 heavy (non-hydrogen) atoms. The fourth-order valence-corrected chi connectivity index (χ4v) is 2.15. The summed E-state index contributed by atoms with van der Waals surface area (Å²) < 4.78 is 11.7. The van der Waals surface area contributed by atoms with Crippen LogP contribution >= 0.6 is 0 Å². The summed E-state index contributed by atoms with van der Waals surface area (Å²) in [4.78, 5) is 10.8. The minimum atomic E-state index is -0.493. The molecule has 0 amide bonds. The van der Waals surface area contributed by atoms with Crippen molar-refractivity contribution in [3.63, 3.8) is 0 Å². The van der Waals surface area contributed by atoms with E-state index in [4.69, 9.17) is 8.53 Å². The summed E-state index contributed by atoms with van der Waals surface area (Å²) in [6, 6.07) is 17.2. The average Bonchev–Trinajstić information content (AvgIpc) is 2.38. The van der Waals surface area contributed by atoms with Gasteiger partial charge in [0.15, 0.2) is 0 Å². The molecule has 0 fully saturated rings. The van der Waals surface area contributed by atoms with Gasteiger partial charge in [-0.3, -0.25) is 4.79 Å². The third-order valence-electron chi connectivity index (χ3n) is 2.20. The van der Waals surface area contributed by atoms with Gasteiger partial charge in [0.2, 0.25) is 0 Å². The molecule has 0 saturated carbocycles. The molecule has 2 aromatic rings. The number of carbonyl (C=O) groups is 1. The highest BCUT2D eigenvalue weighted by Gasteiger charge is 2.05. The average molecular weight is 255 g/mol. The maximum atomic E-state index is 10.8. The van der Waals surface area contributed by atoms with E-state index < -0.39 is 15.6 Å². The number of carbonyl (C=O) groups excluding carboxylic acids is 1. The van der Waals surface area contributed by atoms with Crippen LogP contribution in [-0.2, 0) is 8.58 Å². The van der Waals surface area contributed by atoms with E-state index in [1.165, 1.54) is 6.92 Å². The lowest BCUT2D eigenvalue weighted by molar-refractivity contribution is -0.131. The van der Waals surface area contributed by atoms with Gasteiger partial charge < -0.3 is 8.53 Å². The molecule has 2 rings (SSSR count). The van der Waals surface area contributed by atoms with Crippen LogP contribution in [0.15, 0.2) is 54.6 Å². The van der Waals surface area contributed by atoms with Crippen molar-refractivity contribution in [2.45, 2.75) is 6.92 Å². The van der Waals surface area contributed by atoms with Crippen molar-refractivity contribution < 1.29 is 13.3 Å². The molecule has 4 heteroatoms. The molecule has 0 unspecified atom stereocenters. The van der Waals surface area contributed by atoms with Crippen LogP contribution in [0.1, 0.15) is 6.92 Å². The van der Waals surface area contributed by atoms with Crippen LogP contribution in [0.25, 0.3) is 0 Å². The third-order valence-corrected chi connectivity index (χ3v) is 3.28. The first kappa shape index (κ1) is 12.7. The lowest BCUT2D eigenvalue weighted by Crippen LogP contribution is -2.19. The minimum Gasteiger partial charge on any atom is -0.618 e. The second-order valence-electron chi connectivity index (χ2n) is 3.71. The van der Waals surface area contributed by atoms with Crippen molar-refractivity contribution in [1.29, 1.82) is 0 Å². The Hall–Kier alpha value is -1.76. The number of hydrogen-bond acceptors (Lipinski definition) is 3. The number of hydrogen-bond donors (Lipinski definition) is 0. The molecule has 0 aliphatic rings. The normalized spacial score (nSPS) is 9.61. The van der Waals surface area contributed by atoms with E-state index in [1.807, 2.05) is 54.6 Å². The Morgan fingerprint density at radius 1 is 1.00 bits per heavy atom. The van der Waals surface area contributed by atoms with Crippen LogP contribution in [0.3, 0.4) is 0 Å². The number of para-hydroxylation sites is 1. The summed E-state index contributed by atoms with van der Waals surface area (Å²) in [5.41, 5.74) is 0. The fourth-order valence-electron chi connectivity index (χ4n) is 1.43. The quantitative estimate of drug-likeness (QED) is 0.786. The Labute approximate surface area is 112 Å². The molecule has 1 radical (unpaired) electrons. The predicted octanol–water partition coefficient (Wildman–Crippen LogP) is 2.29. The molecule has 0 heterocycles. The van der Waals surface area contributed by atoms with Crippen LogP contribution in [0.4, 0.5) is 0 Å². The third kappa shape index (κ3) is 3.92. The van der Waals surface area contributed by atoms with Crippen LogP contribution < -0.4 is 9.16 Å². The lowest BCUT2D eigenvalue weighted by atomic mass is 10.3. The van der Waals surface area contributed by atoms with Crippen LogP contribution in [-0.4, -0.2) is 21.5 Å². The topological polar surface area (TPSA) is 35.5 Å². The van der Waals surface area contributed by atoms with Crippen molar-refractivity contribution in [2.24, 2.45) is 0 Å². The van der Waals surface area contributed by atoms with Crippen molar-refractivity contribution in [1.82, 2.24) is 0 Å². The molecular formula is C14H12AlO3. The maximum absolute atomic E-state index is 10.8. The zero-order chi connectivity index (χ0) is 12.8. The standard InChI is InChI=1S/C12H9O.C2H4O2.Al/c1-3-7-11(8-4-1)13-12-9-5-2-6-10-12;1-2(3)4;/h1-5,7-10H;1H3,(H,3,4);/q;;+1/p-1. The Bertz CT molecular complexity index is 526. The first-order chi connectivity index (χ1) is 8.74. The first-order valence-electron chi connectivity index (χ1n) is 5.57. The van der Waals surface area contributed by atoms with Gasteiger partial charge in [-0.2, -0.15) is 0 Å². The molecule has 0 aromatic heterocycles. The van der Waals surface area contributed by atoms with Gasteiger partial charge in [0, 0.05) is 6.92 Å². The fraction of sp³-hybridized carbons (Fsp3) is 0.0714. The molecule has 0 bridgehead atoms. The van der Waals surface area contributed by atoms with Gasteiger partial charge in [-0.1, -0.05) is 34.8 Å². The van der Waals surface area contributed by atoms with Gasteiger partial charge in [0.05, 0.1) is 0 Å². The van der Waals surface area contributed by atoms with E-state index >= 15 is 0 Å². The van der Waals surface area contributed by atoms with Gasteiger partial charge in [-0.15, -0.1) is 0 Å². The van der Waals surface area contributed by atoms with Crippen LogP contribution in [0.2, 0.25) is 0 Å². The lowest BCUT2D eigenvalue weighted by Gasteiger charge is -2.07. The molecule has 0 aliphatic heterocycles. The summed E-state index contributed by atoms with van der Waals surface area (Å²) >= 11 is -0.493. The monoisotopic (exact) mass is 255 g/mol. The Kier molecular flexibility index (Phi) is 4.41. The van der Waals surface area contributed by atoms with Gasteiger partial charge in [-0.05, 0) is 24.3 Å². The summed E-state index contributed by atoms with van der Waals surface area (Å²) in [6.07, 6.45) is 0. The summed E-state index contributed by atoms with van der Waals surface area (Å²) in [6.45, 7) is 1.41. The Morgan fingerprint density at radius 2 is 1.72 bits per heavy atom. The van der Waals surface area contributed by atoms with Crippen LogP contribution in [0.5, 0.6) is 11.5 Å². The SMILES string of the molecule is CC(=O)[O][Al][c]1cccc(Oc2ccccc2)c1. The summed E-state index contributed by atoms with van der Waals surface area (Å²) in [7, 11) is 0. The predicted molar refractivity (Wildman–Crippen MR) is 70.1 cm³/mol. The Morgan fingerprint density at radius 3 is 2.44 bits per heavy atom. The van der Waals surface area contributed by atoms with E-state index in [2.05, 4.69) is 0 Å². The smallest absolute Gasteiger partial charge is 0.572 e. The Balaban J connectivity index is 2.05. The zero-order valence-corrected chi connectivity index (χ0v) is 11.2. The van der Waals surface area contributed by atoms with Gasteiger partial charge in [0.25, 0.3) is 5.97 Å². The molecular weight excluding hydrogens is 243 g/mol. The highest BCUT2D eigenvalue weighted by atomic mass is 27.1. The first-order valence-corrected chi connectivity index (χ1v) is 6.62. The molecule has 3 nitrogen and oxygen atoms in total. The highest BCUT2D eigenvalue weighted by Crippen LogP contribution is 2.19. The van der Waals surface area contributed by atoms with Gasteiger partial charge in [-0.25, -0.2) is 0 Å². The minimum absolute atomic E-state index is 0.251. The van der Waals surface area contributed by atoms with Crippen molar-refractivity contribution in [3.05, 3.63) is 54.6 Å². The van der Waals surface area contributed by atoms with E-state index in [1.54, 1.807) is 0 Å². The molecule has 89 valence electrons. The van der Waals surface area contributed by atoms with Crippen molar-refractivity contribution in [2.75, 3.05) is 0 Å². The van der Waals surface area contributed by atoms with E-state index in [0.29, 0.717) is 0 Å². The van der Waals surface area contributed by atoms with E-state index in [9.17, 15) is 4.79 Å². The van der Waals surface area contributed by atoms with Gasteiger partial charge in [0.1, 0.15) is 11.5 Å². The summed E-state index contributed by atoms with van der Waals surface area (Å²) in [5.74, 6) is 1.29. The highest BCUT2D eigenvalue weighted by molar-refractivity contribution is 6.48. The molecule has 0 saturated heterocycles. The maximum Gasteiger partial charge on any atom is 0.572 e. The number of benzene rings is 2. The summed E-state index contributed by atoms with van der Waals surface area (Å²) in [5, 5.41) is 0. The van der Waals surface area contributed by atoms with Crippen LogP contribution in [0, 0.1) is 0 Å². The molecule has 0 spiro atoms. The second kappa shape index (κ2) is 6.25. The molecule has 0 atom stereocenters. The van der Waals surface area contributed by atoms with Crippen molar-refractivity contribution >= 4 is 25.9 Å². The zero-order valence-electron chi connectivity index (χ0n) is 10.00. The number of rotatable bonds is 4. The molecule has 2 aromatic carbocycles. The van der Waals surface area contributed by atoms with E-state index in [-0.39, 0.29) is 5.97 Å². The molecule has 0 aliphatic carbocycles. The van der Waals surface area contributed by atoms with E-state index in [0.717, 1.165) is 15.9 Å². The number of ether oxygens (including phenoxy) is 1. The largest absolute Gasteiger partial charge is 0.618 e. The second-order valence-corrected chi connectivity index (χ2v) is 4.85. The molecule has 0 N–H and O–H groups in total. The van der Waals surface area contributed by atoms with Crippen molar-refractivity contribution in [3.8, 4) is 11.5 Å². The van der Waals surface area contributed by atoms with Gasteiger partial charge >= 0.3 is 15.6 Å².